The van der Waals surface area contributed by atoms with E-state index in [2.05, 4.69) is 46.4 Å². The summed E-state index contributed by atoms with van der Waals surface area (Å²) in [5.74, 6) is 0.328. The second-order valence-electron chi connectivity index (χ2n) is 11.2. The van der Waals surface area contributed by atoms with Crippen LogP contribution in [0.25, 0.3) is 11.3 Å². The number of hydrogen-bond acceptors (Lipinski definition) is 4. The molecule has 0 bridgehead atoms. The lowest BCUT2D eigenvalue weighted by atomic mass is 9.75. The Hall–Kier alpha value is -4.78. The molecule has 7 nitrogen and oxygen atoms in total. The Morgan fingerprint density at radius 2 is 1.73 bits per heavy atom. The van der Waals surface area contributed by atoms with E-state index < -0.39 is 0 Å². The minimum atomic E-state index is -0.281. The lowest BCUT2D eigenvalue weighted by Gasteiger charge is -2.28. The van der Waals surface area contributed by atoms with Crippen LogP contribution < -0.4 is 5.32 Å². The number of hydrogen-bond donors (Lipinski definition) is 2. The van der Waals surface area contributed by atoms with Gasteiger partial charge in [-0.25, -0.2) is 4.98 Å². The van der Waals surface area contributed by atoms with Crippen LogP contribution in [-0.2, 0) is 19.4 Å². The topological polar surface area (TPSA) is 92.7 Å². The Morgan fingerprint density at radius 3 is 2.48 bits per heavy atom. The number of fused-ring (bicyclic) bond motifs is 1. The summed E-state index contributed by atoms with van der Waals surface area (Å²) in [7, 11) is 0. The molecule has 3 aromatic heterocycles. The van der Waals surface area contributed by atoms with Crippen molar-refractivity contribution in [3.8, 4) is 11.3 Å². The largest absolute Gasteiger partial charge is 0.358 e. The van der Waals surface area contributed by atoms with Crippen LogP contribution in [0, 0.1) is 5.41 Å². The van der Waals surface area contributed by atoms with Gasteiger partial charge >= 0.3 is 0 Å². The number of carbonyl (C=O) groups is 2. The monoisotopic (exact) mass is 529 g/mol. The molecule has 0 unspecified atom stereocenters. The Labute approximate surface area is 233 Å². The first kappa shape index (κ1) is 25.5. The number of ketones is 1. The molecule has 0 fully saturated rings. The van der Waals surface area contributed by atoms with E-state index >= 15 is 0 Å². The normalized spacial score (nSPS) is 14.1. The molecule has 2 aromatic carbocycles. The maximum atomic E-state index is 13.3. The fourth-order valence-electron chi connectivity index (χ4n) is 5.53. The minimum Gasteiger partial charge on any atom is -0.358 e. The molecule has 1 aliphatic rings. The molecule has 40 heavy (non-hydrogen) atoms. The zero-order chi connectivity index (χ0) is 27.7. The van der Waals surface area contributed by atoms with Crippen LogP contribution in [0.3, 0.4) is 0 Å². The van der Waals surface area contributed by atoms with Crippen molar-refractivity contribution in [2.45, 2.75) is 39.7 Å². The first-order valence-corrected chi connectivity index (χ1v) is 13.5. The Kier molecular flexibility index (Phi) is 6.64. The molecule has 1 amide bonds. The number of nitrogens with zero attached hydrogens (tertiary/aromatic N) is 3. The van der Waals surface area contributed by atoms with Crippen LogP contribution in [-0.4, -0.2) is 31.4 Å². The van der Waals surface area contributed by atoms with E-state index in [1.807, 2.05) is 60.7 Å². The number of carbonyl (C=O) groups excluding carboxylic acids is 2. The van der Waals surface area contributed by atoms with E-state index in [1.165, 1.54) is 0 Å². The van der Waals surface area contributed by atoms with Gasteiger partial charge in [-0.3, -0.25) is 14.3 Å². The number of Topliss-reactive ketones (excluding diaryl/α,β-unsaturated/α-hetero) is 1. The average Bonchev–Trinajstić information content (AvgIpc) is 3.54. The number of aromatic nitrogens is 4. The highest BCUT2D eigenvalue weighted by Crippen LogP contribution is 2.40. The second kappa shape index (κ2) is 10.4. The number of anilines is 1. The molecule has 0 saturated carbocycles. The summed E-state index contributed by atoms with van der Waals surface area (Å²) in [4.78, 5) is 34.4. The van der Waals surface area contributed by atoms with E-state index in [1.54, 1.807) is 23.3 Å². The maximum absolute atomic E-state index is 13.3. The van der Waals surface area contributed by atoms with Gasteiger partial charge in [0, 0.05) is 42.1 Å². The third kappa shape index (κ3) is 5.36. The lowest BCUT2D eigenvalue weighted by molar-refractivity contribution is 0.0910. The van der Waals surface area contributed by atoms with Crippen molar-refractivity contribution in [3.05, 3.63) is 125 Å². The lowest BCUT2D eigenvalue weighted by Crippen LogP contribution is -2.27. The summed E-state index contributed by atoms with van der Waals surface area (Å²) >= 11 is 0. The van der Waals surface area contributed by atoms with Crippen molar-refractivity contribution < 1.29 is 9.59 Å². The van der Waals surface area contributed by atoms with Gasteiger partial charge in [-0.1, -0.05) is 74.5 Å². The molecule has 0 spiro atoms. The van der Waals surface area contributed by atoms with Gasteiger partial charge in [-0.15, -0.1) is 0 Å². The summed E-state index contributed by atoms with van der Waals surface area (Å²) in [5, 5.41) is 7.26. The minimum absolute atomic E-state index is 0.0987. The van der Waals surface area contributed by atoms with Gasteiger partial charge in [-0.2, -0.15) is 5.10 Å². The van der Waals surface area contributed by atoms with Gasteiger partial charge in [0.05, 0.1) is 24.0 Å². The first-order chi connectivity index (χ1) is 19.3. The van der Waals surface area contributed by atoms with Crippen LogP contribution >= 0.6 is 0 Å². The molecule has 2 N–H and O–H groups in total. The van der Waals surface area contributed by atoms with E-state index in [4.69, 9.17) is 0 Å². The Bertz CT molecular complexity index is 1680. The third-order valence-electron chi connectivity index (χ3n) is 7.35. The summed E-state index contributed by atoms with van der Waals surface area (Å²) in [6.07, 6.45) is 6.94. The number of benzene rings is 2. The Morgan fingerprint density at radius 1 is 1.00 bits per heavy atom. The molecule has 3 heterocycles. The number of H-pyrrole nitrogens is 1. The summed E-state index contributed by atoms with van der Waals surface area (Å²) in [6, 6.07) is 23.9. The van der Waals surface area contributed by atoms with E-state index in [-0.39, 0.29) is 17.1 Å². The molecule has 6 rings (SSSR count). The predicted octanol–water partition coefficient (Wildman–Crippen LogP) is 6.32. The van der Waals surface area contributed by atoms with Gasteiger partial charge in [-0.05, 0) is 40.7 Å². The molecule has 1 aliphatic carbocycles. The summed E-state index contributed by atoms with van der Waals surface area (Å²) < 4.78 is 1.74. The molecule has 0 saturated heterocycles. The van der Waals surface area contributed by atoms with Gasteiger partial charge in [0.25, 0.3) is 5.91 Å². The SMILES string of the molecule is CC1(C)CC(=O)c2c([nH]c(-c3ccnc(NC(=O)c4cnn(Cc5ccccc5)c4)c3)c2Cc2ccccc2)C1. The van der Waals surface area contributed by atoms with Crippen LogP contribution in [0.2, 0.25) is 0 Å². The summed E-state index contributed by atoms with van der Waals surface area (Å²) in [6.45, 7) is 4.85. The molecule has 7 heteroatoms. The van der Waals surface area contributed by atoms with Crippen LogP contribution in [0.5, 0.6) is 0 Å². The van der Waals surface area contributed by atoms with Crippen molar-refractivity contribution in [3.63, 3.8) is 0 Å². The van der Waals surface area contributed by atoms with Crippen molar-refractivity contribution in [2.75, 3.05) is 5.32 Å². The predicted molar refractivity (Wildman–Crippen MR) is 155 cm³/mol. The van der Waals surface area contributed by atoms with E-state index in [0.29, 0.717) is 30.8 Å². The smallest absolute Gasteiger partial charge is 0.260 e. The zero-order valence-electron chi connectivity index (χ0n) is 22.6. The van der Waals surface area contributed by atoms with E-state index in [0.717, 1.165) is 45.6 Å². The van der Waals surface area contributed by atoms with Crippen LogP contribution in [0.1, 0.15) is 63.4 Å². The summed E-state index contributed by atoms with van der Waals surface area (Å²) in [5.41, 5.74) is 7.15. The van der Waals surface area contributed by atoms with Crippen molar-refractivity contribution in [1.29, 1.82) is 0 Å². The van der Waals surface area contributed by atoms with Gasteiger partial charge in [0.1, 0.15) is 5.82 Å². The second-order valence-corrected chi connectivity index (χ2v) is 11.2. The third-order valence-corrected chi connectivity index (χ3v) is 7.35. The fraction of sp³-hybridized carbons (Fsp3) is 0.212. The van der Waals surface area contributed by atoms with Gasteiger partial charge < -0.3 is 10.3 Å². The number of nitrogens with one attached hydrogen (secondary N) is 2. The molecule has 200 valence electrons. The van der Waals surface area contributed by atoms with Crippen molar-refractivity contribution in [1.82, 2.24) is 19.7 Å². The van der Waals surface area contributed by atoms with Crippen molar-refractivity contribution >= 4 is 17.5 Å². The zero-order valence-corrected chi connectivity index (χ0v) is 22.6. The maximum Gasteiger partial charge on any atom is 0.260 e. The molecule has 0 atom stereocenters. The van der Waals surface area contributed by atoms with Crippen molar-refractivity contribution in [2.24, 2.45) is 5.41 Å². The van der Waals surface area contributed by atoms with Crippen LogP contribution in [0.4, 0.5) is 5.82 Å². The van der Waals surface area contributed by atoms with Gasteiger partial charge in [0.15, 0.2) is 5.78 Å². The number of amides is 1. The first-order valence-electron chi connectivity index (χ1n) is 13.5. The molecule has 5 aromatic rings. The average molecular weight is 530 g/mol. The van der Waals surface area contributed by atoms with Crippen LogP contribution in [0.15, 0.2) is 91.4 Å². The highest BCUT2D eigenvalue weighted by Gasteiger charge is 2.35. The number of pyridine rings is 1. The highest BCUT2D eigenvalue weighted by atomic mass is 16.1. The molecular weight excluding hydrogens is 498 g/mol. The van der Waals surface area contributed by atoms with E-state index in [9.17, 15) is 9.59 Å². The molecule has 0 aliphatic heterocycles. The molecule has 0 radical (unpaired) electrons. The quantitative estimate of drug-likeness (QED) is 0.258. The molecular formula is C33H31N5O2. The fourth-order valence-corrected chi connectivity index (χ4v) is 5.53. The standard InChI is InChI=1S/C33H31N5O2/c1-33(2)17-27-30(28(39)18-33)26(15-22-9-5-3-6-10-22)31(36-27)24-13-14-34-29(16-24)37-32(40)25-19-35-38(21-25)20-23-11-7-4-8-12-23/h3-14,16,19,21,36H,15,17-18,20H2,1-2H3,(H,34,37,40). The number of aromatic amines is 1. The Balaban J connectivity index is 1.28. The highest BCUT2D eigenvalue weighted by molar-refractivity contribution is 6.04. The number of rotatable bonds is 7. The van der Waals surface area contributed by atoms with Gasteiger partial charge in [0.2, 0.25) is 0 Å².